The first-order valence-corrected chi connectivity index (χ1v) is 5.09. The van der Waals surface area contributed by atoms with Crippen molar-refractivity contribution in [2.45, 2.75) is 19.9 Å². The topological polar surface area (TPSA) is 86.5 Å². The van der Waals surface area contributed by atoms with E-state index in [1.807, 2.05) is 6.92 Å². The molecule has 0 spiro atoms. The molecule has 0 unspecified atom stereocenters. The lowest BCUT2D eigenvalue weighted by atomic mass is 10.4. The first-order chi connectivity index (χ1) is 7.78. The monoisotopic (exact) mass is 219 g/mol. The highest BCUT2D eigenvalue weighted by Crippen LogP contribution is 2.01. The van der Waals surface area contributed by atoms with E-state index < -0.39 is 0 Å². The molecule has 2 heterocycles. The molecular formula is C10H13N5O. The van der Waals surface area contributed by atoms with Gasteiger partial charge in [-0.1, -0.05) is 6.92 Å². The van der Waals surface area contributed by atoms with E-state index in [1.165, 1.54) is 6.07 Å². The van der Waals surface area contributed by atoms with E-state index in [-0.39, 0.29) is 5.56 Å². The Morgan fingerprint density at radius 3 is 3.06 bits per heavy atom. The van der Waals surface area contributed by atoms with E-state index in [2.05, 4.69) is 25.3 Å². The Balaban J connectivity index is 2.09. The van der Waals surface area contributed by atoms with Gasteiger partial charge in [0, 0.05) is 18.7 Å². The van der Waals surface area contributed by atoms with Crippen LogP contribution in [0.4, 0.5) is 5.82 Å². The molecule has 0 aliphatic heterocycles. The minimum absolute atomic E-state index is 0.140. The van der Waals surface area contributed by atoms with Gasteiger partial charge in [0.2, 0.25) is 0 Å². The summed E-state index contributed by atoms with van der Waals surface area (Å²) in [5, 5.41) is 3.06. The van der Waals surface area contributed by atoms with Crippen molar-refractivity contribution in [2.24, 2.45) is 0 Å². The summed E-state index contributed by atoms with van der Waals surface area (Å²) in [5.74, 6) is 1.26. The van der Waals surface area contributed by atoms with Crippen molar-refractivity contribution in [3.05, 3.63) is 40.5 Å². The fourth-order valence-corrected chi connectivity index (χ4v) is 1.33. The molecule has 2 aromatic rings. The Morgan fingerprint density at radius 1 is 1.50 bits per heavy atom. The lowest BCUT2D eigenvalue weighted by molar-refractivity contribution is 0.912. The molecule has 84 valence electrons. The van der Waals surface area contributed by atoms with Gasteiger partial charge in [-0.15, -0.1) is 0 Å². The Hall–Kier alpha value is -2.11. The van der Waals surface area contributed by atoms with Crippen LogP contribution < -0.4 is 10.9 Å². The van der Waals surface area contributed by atoms with Gasteiger partial charge in [0.25, 0.3) is 5.56 Å². The zero-order chi connectivity index (χ0) is 11.4. The molecule has 0 radical (unpaired) electrons. The maximum Gasteiger partial charge on any atom is 0.252 e. The second kappa shape index (κ2) is 4.61. The largest absolute Gasteiger partial charge is 0.364 e. The van der Waals surface area contributed by atoms with E-state index in [1.54, 1.807) is 12.5 Å². The van der Waals surface area contributed by atoms with Gasteiger partial charge in [0.1, 0.15) is 11.6 Å². The van der Waals surface area contributed by atoms with Gasteiger partial charge in [-0.05, 0) is 0 Å². The third-order valence-electron chi connectivity index (χ3n) is 2.14. The predicted octanol–water partition coefficient (Wildman–Crippen LogP) is 0.667. The van der Waals surface area contributed by atoms with Gasteiger partial charge in [0.15, 0.2) is 0 Å². The highest BCUT2D eigenvalue weighted by molar-refractivity contribution is 5.33. The van der Waals surface area contributed by atoms with Crippen LogP contribution in [0.3, 0.4) is 0 Å². The van der Waals surface area contributed by atoms with Crippen LogP contribution in [0.5, 0.6) is 0 Å². The van der Waals surface area contributed by atoms with Crippen molar-refractivity contribution in [3.63, 3.8) is 0 Å². The number of nitrogens with zero attached hydrogens (tertiary/aromatic N) is 2. The molecule has 3 N–H and O–H groups in total. The second-order valence-electron chi connectivity index (χ2n) is 3.36. The third-order valence-corrected chi connectivity index (χ3v) is 2.14. The Labute approximate surface area is 92.2 Å². The molecule has 0 aromatic carbocycles. The molecule has 2 aromatic heterocycles. The first kappa shape index (κ1) is 10.4. The van der Waals surface area contributed by atoms with Crippen LogP contribution in [0.2, 0.25) is 0 Å². The number of H-pyrrole nitrogens is 2. The molecule has 0 amide bonds. The van der Waals surface area contributed by atoms with Crippen molar-refractivity contribution in [3.8, 4) is 0 Å². The predicted molar refractivity (Wildman–Crippen MR) is 60.2 cm³/mol. The van der Waals surface area contributed by atoms with Crippen LogP contribution in [-0.2, 0) is 13.0 Å². The number of aromatic nitrogens is 4. The maximum absolute atomic E-state index is 11.3. The summed E-state index contributed by atoms with van der Waals surface area (Å²) in [6, 6.07) is 1.44. The summed E-state index contributed by atoms with van der Waals surface area (Å²) in [4.78, 5) is 25.1. The fraction of sp³-hybridized carbons (Fsp3) is 0.300. The lowest BCUT2D eigenvalue weighted by Gasteiger charge is -2.04. The second-order valence-corrected chi connectivity index (χ2v) is 3.36. The lowest BCUT2D eigenvalue weighted by Crippen LogP contribution is -2.13. The smallest absolute Gasteiger partial charge is 0.252 e. The number of aryl methyl sites for hydroxylation is 1. The Kier molecular flexibility index (Phi) is 3.00. The van der Waals surface area contributed by atoms with E-state index in [0.29, 0.717) is 24.6 Å². The Morgan fingerprint density at radius 2 is 2.38 bits per heavy atom. The van der Waals surface area contributed by atoms with Crippen LogP contribution in [0, 0.1) is 0 Å². The van der Waals surface area contributed by atoms with Gasteiger partial charge in [-0.2, -0.15) is 0 Å². The average molecular weight is 219 g/mol. The number of aromatic amines is 2. The molecule has 6 heteroatoms. The SMILES string of the molecule is CCc1nc(NCc2cnc[nH]2)cc(=O)[nH]1. The molecule has 0 fully saturated rings. The van der Waals surface area contributed by atoms with Crippen molar-refractivity contribution in [1.82, 2.24) is 19.9 Å². The zero-order valence-corrected chi connectivity index (χ0v) is 8.95. The van der Waals surface area contributed by atoms with Crippen LogP contribution >= 0.6 is 0 Å². The van der Waals surface area contributed by atoms with Crippen molar-refractivity contribution in [1.29, 1.82) is 0 Å². The van der Waals surface area contributed by atoms with Gasteiger partial charge >= 0.3 is 0 Å². The molecule has 0 aliphatic carbocycles. The average Bonchev–Trinajstić information content (AvgIpc) is 2.78. The van der Waals surface area contributed by atoms with Crippen molar-refractivity contribution < 1.29 is 0 Å². The molecule has 0 bridgehead atoms. The van der Waals surface area contributed by atoms with Crippen molar-refractivity contribution in [2.75, 3.05) is 5.32 Å². The van der Waals surface area contributed by atoms with Crippen molar-refractivity contribution >= 4 is 5.82 Å². The zero-order valence-electron chi connectivity index (χ0n) is 8.95. The third kappa shape index (κ3) is 2.47. The molecule has 6 nitrogen and oxygen atoms in total. The van der Waals surface area contributed by atoms with Crippen LogP contribution in [-0.4, -0.2) is 19.9 Å². The molecule has 0 saturated carbocycles. The number of anilines is 1. The highest BCUT2D eigenvalue weighted by atomic mass is 16.1. The normalized spacial score (nSPS) is 10.3. The summed E-state index contributed by atoms with van der Waals surface area (Å²) in [6.45, 7) is 2.51. The van der Waals surface area contributed by atoms with E-state index in [0.717, 1.165) is 5.69 Å². The van der Waals surface area contributed by atoms with Gasteiger partial charge in [-0.3, -0.25) is 4.79 Å². The number of imidazole rings is 1. The minimum Gasteiger partial charge on any atom is -0.364 e. The fourth-order valence-electron chi connectivity index (χ4n) is 1.33. The van der Waals surface area contributed by atoms with Crippen LogP contribution in [0.1, 0.15) is 18.4 Å². The quantitative estimate of drug-likeness (QED) is 0.705. The van der Waals surface area contributed by atoms with E-state index in [9.17, 15) is 4.79 Å². The van der Waals surface area contributed by atoms with Gasteiger partial charge in [-0.25, -0.2) is 9.97 Å². The number of hydrogen-bond donors (Lipinski definition) is 3. The standard InChI is InChI=1S/C10H13N5O/c1-2-8-14-9(3-10(16)15-8)12-5-7-4-11-6-13-7/h3-4,6H,2,5H2,1H3,(H,11,13)(H2,12,14,15,16). The van der Waals surface area contributed by atoms with Crippen LogP contribution in [0.25, 0.3) is 0 Å². The first-order valence-electron chi connectivity index (χ1n) is 5.09. The molecule has 2 rings (SSSR count). The summed E-state index contributed by atoms with van der Waals surface area (Å²) in [6.07, 6.45) is 4.04. The molecule has 0 aliphatic rings. The summed E-state index contributed by atoms with van der Waals surface area (Å²) >= 11 is 0. The van der Waals surface area contributed by atoms with Crippen LogP contribution in [0.15, 0.2) is 23.4 Å². The van der Waals surface area contributed by atoms with Gasteiger partial charge in [0.05, 0.1) is 18.6 Å². The van der Waals surface area contributed by atoms with E-state index >= 15 is 0 Å². The highest BCUT2D eigenvalue weighted by Gasteiger charge is 2.00. The summed E-state index contributed by atoms with van der Waals surface area (Å²) in [5.41, 5.74) is 0.805. The molecular weight excluding hydrogens is 206 g/mol. The number of rotatable bonds is 4. The Bertz CT molecular complexity index is 502. The molecule has 16 heavy (non-hydrogen) atoms. The molecule has 0 saturated heterocycles. The maximum atomic E-state index is 11.3. The molecule has 0 atom stereocenters. The summed E-state index contributed by atoms with van der Waals surface area (Å²) < 4.78 is 0. The van der Waals surface area contributed by atoms with Gasteiger partial charge < -0.3 is 15.3 Å². The number of hydrogen-bond acceptors (Lipinski definition) is 4. The summed E-state index contributed by atoms with van der Waals surface area (Å²) in [7, 11) is 0. The van der Waals surface area contributed by atoms with E-state index in [4.69, 9.17) is 0 Å². The minimum atomic E-state index is -0.140. The number of nitrogens with one attached hydrogen (secondary N) is 3.